The molecule has 3 atom stereocenters. The molecule has 0 amide bonds. The first kappa shape index (κ1) is 14.0. The van der Waals surface area contributed by atoms with Gasteiger partial charge in [0.1, 0.15) is 17.4 Å². The van der Waals surface area contributed by atoms with E-state index in [9.17, 15) is 4.79 Å². The molecular weight excluding hydrogens is 242 g/mol. The van der Waals surface area contributed by atoms with Crippen LogP contribution in [0.2, 0.25) is 0 Å². The van der Waals surface area contributed by atoms with Crippen LogP contribution in [0.4, 0.5) is 0 Å². The molecule has 4 nitrogen and oxygen atoms in total. The Morgan fingerprint density at radius 1 is 1.37 bits per heavy atom. The van der Waals surface area contributed by atoms with Crippen molar-refractivity contribution in [3.05, 3.63) is 29.8 Å². The molecule has 4 heteroatoms. The van der Waals surface area contributed by atoms with Crippen molar-refractivity contribution in [3.63, 3.8) is 0 Å². The minimum absolute atomic E-state index is 0.0404. The second kappa shape index (κ2) is 5.31. The van der Waals surface area contributed by atoms with Crippen molar-refractivity contribution in [2.24, 2.45) is 11.7 Å². The summed E-state index contributed by atoms with van der Waals surface area (Å²) in [5.74, 6) is 1.02. The standard InChI is InChI=1S/C15H21NO3/c1-10-7-13(19-3)14(17)15(16,9-10)11-5-4-6-12(8-11)18-2/h4-6,8,10,13H,7,9,16H2,1-3H3/t10-,13+,15+/m1/s1. The minimum Gasteiger partial charge on any atom is -0.497 e. The Kier molecular flexibility index (Phi) is 3.92. The molecule has 0 radical (unpaired) electrons. The maximum atomic E-state index is 12.5. The third-order valence-electron chi connectivity index (χ3n) is 3.89. The van der Waals surface area contributed by atoms with Gasteiger partial charge in [0.15, 0.2) is 5.78 Å². The predicted octanol–water partition coefficient (Wildman–Crippen LogP) is 1.86. The number of rotatable bonds is 3. The molecule has 2 N–H and O–H groups in total. The van der Waals surface area contributed by atoms with E-state index in [-0.39, 0.29) is 5.78 Å². The highest BCUT2D eigenvalue weighted by molar-refractivity contribution is 5.94. The summed E-state index contributed by atoms with van der Waals surface area (Å²) in [7, 11) is 3.16. The Hall–Kier alpha value is -1.39. The average molecular weight is 263 g/mol. The van der Waals surface area contributed by atoms with Gasteiger partial charge in [0.25, 0.3) is 0 Å². The Balaban J connectivity index is 2.40. The molecule has 104 valence electrons. The lowest BCUT2D eigenvalue weighted by molar-refractivity contribution is -0.140. The van der Waals surface area contributed by atoms with Gasteiger partial charge < -0.3 is 15.2 Å². The molecule has 1 aromatic rings. The number of hydrogen-bond acceptors (Lipinski definition) is 4. The van der Waals surface area contributed by atoms with Crippen molar-refractivity contribution in [3.8, 4) is 5.75 Å². The summed E-state index contributed by atoms with van der Waals surface area (Å²) >= 11 is 0. The summed E-state index contributed by atoms with van der Waals surface area (Å²) in [4.78, 5) is 12.5. The number of methoxy groups -OCH3 is 2. The molecule has 0 saturated heterocycles. The molecule has 19 heavy (non-hydrogen) atoms. The monoisotopic (exact) mass is 263 g/mol. The second-order valence-electron chi connectivity index (χ2n) is 5.34. The molecule has 1 aliphatic carbocycles. The van der Waals surface area contributed by atoms with Crippen LogP contribution >= 0.6 is 0 Å². The summed E-state index contributed by atoms with van der Waals surface area (Å²) in [6.45, 7) is 2.10. The molecule has 0 spiro atoms. The Morgan fingerprint density at radius 3 is 2.74 bits per heavy atom. The van der Waals surface area contributed by atoms with Crippen LogP contribution in [0.5, 0.6) is 5.75 Å². The maximum Gasteiger partial charge on any atom is 0.185 e. The molecule has 0 bridgehead atoms. The number of benzene rings is 1. The van der Waals surface area contributed by atoms with Gasteiger partial charge in [-0.25, -0.2) is 0 Å². The van der Waals surface area contributed by atoms with Crippen LogP contribution in [0.3, 0.4) is 0 Å². The molecule has 2 rings (SSSR count). The number of carbonyl (C=O) groups excluding carboxylic acids is 1. The first-order chi connectivity index (χ1) is 9.01. The summed E-state index contributed by atoms with van der Waals surface area (Å²) in [6, 6.07) is 7.42. The Bertz CT molecular complexity index is 474. The van der Waals surface area contributed by atoms with Gasteiger partial charge in [-0.15, -0.1) is 0 Å². The maximum absolute atomic E-state index is 12.5. The smallest absolute Gasteiger partial charge is 0.185 e. The molecule has 0 aliphatic heterocycles. The minimum atomic E-state index is -0.979. The lowest BCUT2D eigenvalue weighted by Gasteiger charge is -2.39. The normalized spacial score (nSPS) is 31.3. The van der Waals surface area contributed by atoms with Gasteiger partial charge in [0.05, 0.1) is 7.11 Å². The molecule has 1 aromatic carbocycles. The first-order valence-electron chi connectivity index (χ1n) is 6.51. The SMILES string of the molecule is COc1cccc([C@@]2(N)C[C@H](C)C[C@H](OC)C2=O)c1. The number of hydrogen-bond donors (Lipinski definition) is 1. The molecule has 1 saturated carbocycles. The van der Waals surface area contributed by atoms with Crippen LogP contribution in [0.25, 0.3) is 0 Å². The number of nitrogens with two attached hydrogens (primary N) is 1. The van der Waals surface area contributed by atoms with Gasteiger partial charge in [0, 0.05) is 7.11 Å². The molecule has 1 fully saturated rings. The van der Waals surface area contributed by atoms with Crippen molar-refractivity contribution in [1.29, 1.82) is 0 Å². The molecule has 0 heterocycles. The third-order valence-corrected chi connectivity index (χ3v) is 3.89. The van der Waals surface area contributed by atoms with Crippen molar-refractivity contribution < 1.29 is 14.3 Å². The quantitative estimate of drug-likeness (QED) is 0.904. The van der Waals surface area contributed by atoms with Crippen LogP contribution in [0, 0.1) is 5.92 Å². The second-order valence-corrected chi connectivity index (χ2v) is 5.34. The van der Waals surface area contributed by atoms with Crippen molar-refractivity contribution in [1.82, 2.24) is 0 Å². The van der Waals surface area contributed by atoms with Crippen molar-refractivity contribution in [2.45, 2.75) is 31.4 Å². The van der Waals surface area contributed by atoms with Crippen molar-refractivity contribution in [2.75, 3.05) is 14.2 Å². The van der Waals surface area contributed by atoms with Gasteiger partial charge in [-0.05, 0) is 36.5 Å². The van der Waals surface area contributed by atoms with Gasteiger partial charge in [-0.3, -0.25) is 4.79 Å². The number of Topliss-reactive ketones (excluding diaryl/α,β-unsaturated/α-hetero) is 1. The van der Waals surface area contributed by atoms with Crippen LogP contribution in [0.15, 0.2) is 24.3 Å². The summed E-state index contributed by atoms with van der Waals surface area (Å²) in [5, 5.41) is 0. The molecule has 0 aromatic heterocycles. The van der Waals surface area contributed by atoms with E-state index >= 15 is 0 Å². The third kappa shape index (κ3) is 2.51. The van der Waals surface area contributed by atoms with E-state index in [0.717, 1.165) is 12.0 Å². The van der Waals surface area contributed by atoms with E-state index in [1.807, 2.05) is 24.3 Å². The number of ketones is 1. The highest BCUT2D eigenvalue weighted by atomic mass is 16.5. The lowest BCUT2D eigenvalue weighted by Crippen LogP contribution is -2.55. The Morgan fingerprint density at radius 2 is 2.11 bits per heavy atom. The van der Waals surface area contributed by atoms with E-state index in [1.54, 1.807) is 14.2 Å². The summed E-state index contributed by atoms with van der Waals surface area (Å²) in [6.07, 6.45) is 0.955. The van der Waals surface area contributed by atoms with Gasteiger partial charge in [-0.2, -0.15) is 0 Å². The van der Waals surface area contributed by atoms with E-state index < -0.39 is 11.6 Å². The molecule has 1 aliphatic rings. The van der Waals surface area contributed by atoms with Crippen LogP contribution in [0.1, 0.15) is 25.3 Å². The van der Waals surface area contributed by atoms with Crippen LogP contribution < -0.4 is 10.5 Å². The first-order valence-corrected chi connectivity index (χ1v) is 6.51. The van der Waals surface area contributed by atoms with E-state index in [2.05, 4.69) is 6.92 Å². The zero-order valence-corrected chi connectivity index (χ0v) is 11.7. The number of carbonyl (C=O) groups is 1. The molecule has 0 unspecified atom stereocenters. The summed E-state index contributed by atoms with van der Waals surface area (Å²) < 4.78 is 10.5. The topological polar surface area (TPSA) is 61.6 Å². The van der Waals surface area contributed by atoms with E-state index in [4.69, 9.17) is 15.2 Å². The number of ether oxygens (including phenoxy) is 2. The van der Waals surface area contributed by atoms with Gasteiger partial charge in [-0.1, -0.05) is 19.1 Å². The molecular formula is C15H21NO3. The largest absolute Gasteiger partial charge is 0.497 e. The van der Waals surface area contributed by atoms with Crippen LogP contribution in [-0.2, 0) is 15.1 Å². The van der Waals surface area contributed by atoms with Crippen LogP contribution in [-0.4, -0.2) is 26.1 Å². The fourth-order valence-electron chi connectivity index (χ4n) is 2.86. The van der Waals surface area contributed by atoms with Gasteiger partial charge >= 0.3 is 0 Å². The predicted molar refractivity (Wildman–Crippen MR) is 73.1 cm³/mol. The van der Waals surface area contributed by atoms with E-state index in [0.29, 0.717) is 18.1 Å². The zero-order chi connectivity index (χ0) is 14.0. The summed E-state index contributed by atoms with van der Waals surface area (Å²) in [5.41, 5.74) is 6.24. The Labute approximate surface area is 113 Å². The average Bonchev–Trinajstić information content (AvgIpc) is 2.42. The fraction of sp³-hybridized carbons (Fsp3) is 0.533. The highest BCUT2D eigenvalue weighted by Gasteiger charge is 2.45. The fourth-order valence-corrected chi connectivity index (χ4v) is 2.86. The lowest BCUT2D eigenvalue weighted by atomic mass is 9.71. The van der Waals surface area contributed by atoms with E-state index in [1.165, 1.54) is 0 Å². The van der Waals surface area contributed by atoms with Gasteiger partial charge in [0.2, 0.25) is 0 Å². The highest BCUT2D eigenvalue weighted by Crippen LogP contribution is 2.37. The zero-order valence-electron chi connectivity index (χ0n) is 11.7. The van der Waals surface area contributed by atoms with Crippen molar-refractivity contribution >= 4 is 5.78 Å².